The summed E-state index contributed by atoms with van der Waals surface area (Å²) in [5.41, 5.74) is 6.50. The van der Waals surface area contributed by atoms with Crippen molar-refractivity contribution in [2.45, 2.75) is 0 Å². The molecule has 0 saturated carbocycles. The lowest BCUT2D eigenvalue weighted by Gasteiger charge is -2.33. The third-order valence-corrected chi connectivity index (χ3v) is 2.60. The molecule has 14 heavy (non-hydrogen) atoms. The molecule has 1 aliphatic rings. The topological polar surface area (TPSA) is 45.4 Å². The maximum Gasteiger partial charge on any atom is 0.130 e. The Labute approximate surface area is 84.3 Å². The van der Waals surface area contributed by atoms with Gasteiger partial charge in [-0.3, -0.25) is 0 Å². The predicted molar refractivity (Wildman–Crippen MR) is 58.4 cm³/mol. The molecule has 1 saturated heterocycles. The summed E-state index contributed by atoms with van der Waals surface area (Å²) in [4.78, 5) is 8.91. The summed E-state index contributed by atoms with van der Waals surface area (Å²) in [5, 5.41) is 0. The van der Waals surface area contributed by atoms with Crippen LogP contribution in [0.1, 0.15) is 0 Å². The van der Waals surface area contributed by atoms with Crippen LogP contribution in [0, 0.1) is 0 Å². The average Bonchev–Trinajstić information content (AvgIpc) is 2.19. The number of nitrogen functional groups attached to an aromatic ring is 1. The maximum absolute atomic E-state index is 5.72. The fourth-order valence-electron chi connectivity index (χ4n) is 1.64. The lowest BCUT2D eigenvalue weighted by molar-refractivity contribution is 0.312. The number of nitrogens with zero attached hydrogens (tertiary/aromatic N) is 3. The van der Waals surface area contributed by atoms with Crippen molar-refractivity contribution in [1.82, 2.24) is 9.88 Å². The summed E-state index contributed by atoms with van der Waals surface area (Å²) in [5.74, 6) is 0.998. The van der Waals surface area contributed by atoms with Gasteiger partial charge in [0, 0.05) is 44.1 Å². The molecule has 2 N–H and O–H groups in total. The van der Waals surface area contributed by atoms with Crippen molar-refractivity contribution >= 4 is 11.5 Å². The highest BCUT2D eigenvalue weighted by Gasteiger charge is 2.14. The van der Waals surface area contributed by atoms with Crippen LogP contribution in [-0.2, 0) is 0 Å². The summed E-state index contributed by atoms with van der Waals surface area (Å²) in [6, 6.07) is 3.75. The Morgan fingerprint density at radius 3 is 2.64 bits per heavy atom. The molecular formula is C10H16N4. The Balaban J connectivity index is 2.08. The predicted octanol–water partition coefficient (Wildman–Crippen LogP) is 0.416. The van der Waals surface area contributed by atoms with Gasteiger partial charge in [-0.05, 0) is 13.1 Å². The number of aromatic nitrogens is 1. The highest BCUT2D eigenvalue weighted by atomic mass is 15.3. The molecular weight excluding hydrogens is 176 g/mol. The Bertz CT molecular complexity index is 305. The molecule has 4 heteroatoms. The van der Waals surface area contributed by atoms with Gasteiger partial charge in [-0.2, -0.15) is 0 Å². The van der Waals surface area contributed by atoms with Crippen molar-refractivity contribution in [3.8, 4) is 0 Å². The monoisotopic (exact) mass is 192 g/mol. The molecule has 0 amide bonds. The molecule has 1 aromatic heterocycles. The van der Waals surface area contributed by atoms with Gasteiger partial charge < -0.3 is 15.5 Å². The molecule has 2 heterocycles. The van der Waals surface area contributed by atoms with E-state index in [9.17, 15) is 0 Å². The number of hydrogen-bond acceptors (Lipinski definition) is 4. The zero-order valence-electron chi connectivity index (χ0n) is 8.48. The first-order valence-corrected chi connectivity index (χ1v) is 4.91. The summed E-state index contributed by atoms with van der Waals surface area (Å²) < 4.78 is 0. The van der Waals surface area contributed by atoms with Crippen molar-refractivity contribution in [3.63, 3.8) is 0 Å². The van der Waals surface area contributed by atoms with Crippen LogP contribution in [0.4, 0.5) is 11.5 Å². The second kappa shape index (κ2) is 3.84. The van der Waals surface area contributed by atoms with Crippen LogP contribution in [0.2, 0.25) is 0 Å². The van der Waals surface area contributed by atoms with E-state index in [2.05, 4.69) is 21.8 Å². The van der Waals surface area contributed by atoms with Crippen molar-refractivity contribution in [2.24, 2.45) is 0 Å². The molecule has 1 aliphatic heterocycles. The second-order valence-electron chi connectivity index (χ2n) is 3.74. The quantitative estimate of drug-likeness (QED) is 0.700. The first-order valence-electron chi connectivity index (χ1n) is 4.91. The largest absolute Gasteiger partial charge is 0.399 e. The van der Waals surface area contributed by atoms with Crippen LogP contribution < -0.4 is 10.6 Å². The van der Waals surface area contributed by atoms with E-state index in [1.54, 1.807) is 6.20 Å². The van der Waals surface area contributed by atoms with Crippen LogP contribution in [-0.4, -0.2) is 43.1 Å². The summed E-state index contributed by atoms with van der Waals surface area (Å²) in [6.45, 7) is 4.26. The Hall–Kier alpha value is -1.29. The highest BCUT2D eigenvalue weighted by molar-refractivity contribution is 5.50. The Kier molecular flexibility index (Phi) is 2.54. The third kappa shape index (κ3) is 1.96. The molecule has 1 aromatic rings. The SMILES string of the molecule is CN1CCN(c2cc(N)ccn2)CC1. The van der Waals surface area contributed by atoms with Crippen molar-refractivity contribution in [1.29, 1.82) is 0 Å². The lowest BCUT2D eigenvalue weighted by Crippen LogP contribution is -2.44. The standard InChI is InChI=1S/C10H16N4/c1-13-4-6-14(7-5-13)10-8-9(11)2-3-12-10/h2-3,8H,4-7H2,1H3,(H2,11,12). The van der Waals surface area contributed by atoms with Gasteiger partial charge in [-0.25, -0.2) is 4.98 Å². The van der Waals surface area contributed by atoms with Gasteiger partial charge >= 0.3 is 0 Å². The van der Waals surface area contributed by atoms with E-state index in [0.717, 1.165) is 37.7 Å². The van der Waals surface area contributed by atoms with Gasteiger partial charge in [0.25, 0.3) is 0 Å². The average molecular weight is 192 g/mol. The van der Waals surface area contributed by atoms with Crippen molar-refractivity contribution in [2.75, 3.05) is 43.9 Å². The van der Waals surface area contributed by atoms with Crippen LogP contribution in [0.5, 0.6) is 0 Å². The zero-order chi connectivity index (χ0) is 9.97. The van der Waals surface area contributed by atoms with E-state index in [1.807, 2.05) is 12.1 Å². The molecule has 0 bridgehead atoms. The van der Waals surface area contributed by atoms with E-state index >= 15 is 0 Å². The van der Waals surface area contributed by atoms with E-state index in [1.165, 1.54) is 0 Å². The molecule has 2 rings (SSSR count). The fourth-order valence-corrected chi connectivity index (χ4v) is 1.64. The molecule has 0 unspecified atom stereocenters. The first kappa shape index (κ1) is 9.27. The third-order valence-electron chi connectivity index (χ3n) is 2.60. The smallest absolute Gasteiger partial charge is 0.130 e. The molecule has 1 fully saturated rings. The minimum Gasteiger partial charge on any atom is -0.399 e. The van der Waals surface area contributed by atoms with Gasteiger partial charge in [0.1, 0.15) is 5.82 Å². The van der Waals surface area contributed by atoms with Gasteiger partial charge in [-0.1, -0.05) is 0 Å². The number of pyridine rings is 1. The minimum atomic E-state index is 0.786. The number of rotatable bonds is 1. The fraction of sp³-hybridized carbons (Fsp3) is 0.500. The van der Waals surface area contributed by atoms with Gasteiger partial charge in [0.15, 0.2) is 0 Å². The zero-order valence-corrected chi connectivity index (χ0v) is 8.48. The number of piperazine rings is 1. The Morgan fingerprint density at radius 1 is 1.29 bits per heavy atom. The number of likely N-dealkylation sites (N-methyl/N-ethyl adjacent to an activating group) is 1. The van der Waals surface area contributed by atoms with Crippen LogP contribution in [0.3, 0.4) is 0 Å². The molecule has 0 aliphatic carbocycles. The minimum absolute atomic E-state index is 0.786. The number of hydrogen-bond donors (Lipinski definition) is 1. The van der Waals surface area contributed by atoms with E-state index < -0.39 is 0 Å². The summed E-state index contributed by atoms with van der Waals surface area (Å²) >= 11 is 0. The summed E-state index contributed by atoms with van der Waals surface area (Å²) in [7, 11) is 2.14. The van der Waals surface area contributed by atoms with E-state index in [-0.39, 0.29) is 0 Å². The molecule has 4 nitrogen and oxygen atoms in total. The molecule has 0 aromatic carbocycles. The first-order chi connectivity index (χ1) is 6.75. The van der Waals surface area contributed by atoms with Crippen molar-refractivity contribution < 1.29 is 0 Å². The Morgan fingerprint density at radius 2 is 2.00 bits per heavy atom. The van der Waals surface area contributed by atoms with E-state index in [0.29, 0.717) is 0 Å². The van der Waals surface area contributed by atoms with Crippen LogP contribution >= 0.6 is 0 Å². The molecule has 0 radical (unpaired) electrons. The second-order valence-corrected chi connectivity index (χ2v) is 3.74. The summed E-state index contributed by atoms with van der Waals surface area (Å²) in [6.07, 6.45) is 1.77. The van der Waals surface area contributed by atoms with Gasteiger partial charge in [0.05, 0.1) is 0 Å². The van der Waals surface area contributed by atoms with Crippen molar-refractivity contribution in [3.05, 3.63) is 18.3 Å². The maximum atomic E-state index is 5.72. The van der Waals surface area contributed by atoms with E-state index in [4.69, 9.17) is 5.73 Å². The van der Waals surface area contributed by atoms with Gasteiger partial charge in [0.2, 0.25) is 0 Å². The lowest BCUT2D eigenvalue weighted by atomic mass is 10.3. The molecule has 76 valence electrons. The highest BCUT2D eigenvalue weighted by Crippen LogP contribution is 2.15. The number of nitrogens with two attached hydrogens (primary N) is 1. The van der Waals surface area contributed by atoms with Gasteiger partial charge in [-0.15, -0.1) is 0 Å². The normalized spacial score (nSPS) is 18.5. The molecule has 0 atom stereocenters. The van der Waals surface area contributed by atoms with Crippen LogP contribution in [0.15, 0.2) is 18.3 Å². The van der Waals surface area contributed by atoms with Crippen LogP contribution in [0.25, 0.3) is 0 Å². The molecule has 0 spiro atoms. The number of anilines is 2.